The van der Waals surface area contributed by atoms with E-state index in [2.05, 4.69) is 38.3 Å². The van der Waals surface area contributed by atoms with Gasteiger partial charge in [-0.3, -0.25) is 0 Å². The second kappa shape index (κ2) is 6.09. The summed E-state index contributed by atoms with van der Waals surface area (Å²) in [5, 5.41) is 4.16. The minimum atomic E-state index is 0.360. The Bertz CT molecular complexity index is 504. The summed E-state index contributed by atoms with van der Waals surface area (Å²) < 4.78 is 11.3. The molecular weight excluding hydrogens is 282 g/mol. The first-order valence-electron chi connectivity index (χ1n) is 7.84. The Morgan fingerprint density at radius 3 is 2.71 bits per heavy atom. The second-order valence-corrected chi connectivity index (χ2v) is 7.92. The van der Waals surface area contributed by atoms with Gasteiger partial charge in [-0.05, 0) is 43.5 Å². The summed E-state index contributed by atoms with van der Waals surface area (Å²) in [5.74, 6) is 1.77. The zero-order valence-corrected chi connectivity index (χ0v) is 14.0. The van der Waals surface area contributed by atoms with E-state index in [-0.39, 0.29) is 0 Å². The summed E-state index contributed by atoms with van der Waals surface area (Å²) in [6, 6.07) is 6.88. The summed E-state index contributed by atoms with van der Waals surface area (Å²) in [5.41, 5.74) is 0.360. The molecule has 0 spiro atoms. The number of ether oxygens (including phenoxy) is 2. The molecule has 1 heterocycles. The van der Waals surface area contributed by atoms with Crippen molar-refractivity contribution in [1.29, 1.82) is 0 Å². The van der Waals surface area contributed by atoms with Gasteiger partial charge in [0.1, 0.15) is 13.2 Å². The van der Waals surface area contributed by atoms with Crippen LogP contribution in [0.3, 0.4) is 0 Å². The number of rotatable bonds is 3. The Morgan fingerprint density at radius 1 is 1.19 bits per heavy atom. The van der Waals surface area contributed by atoms with E-state index < -0.39 is 0 Å². The highest BCUT2D eigenvalue weighted by atomic mass is 32.2. The van der Waals surface area contributed by atoms with Crippen molar-refractivity contribution < 1.29 is 9.47 Å². The lowest BCUT2D eigenvalue weighted by molar-refractivity contribution is 0.171. The van der Waals surface area contributed by atoms with Crippen LogP contribution in [0.1, 0.15) is 33.1 Å². The Hall–Kier alpha value is -0.870. The summed E-state index contributed by atoms with van der Waals surface area (Å²) >= 11 is 1.97. The van der Waals surface area contributed by atoms with Crippen molar-refractivity contribution in [3.63, 3.8) is 0 Å². The summed E-state index contributed by atoms with van der Waals surface area (Å²) in [6.45, 7) is 6.06. The van der Waals surface area contributed by atoms with Crippen LogP contribution in [-0.2, 0) is 0 Å². The average molecular weight is 307 g/mol. The van der Waals surface area contributed by atoms with E-state index in [9.17, 15) is 0 Å². The third kappa shape index (κ3) is 3.16. The van der Waals surface area contributed by atoms with Crippen LogP contribution in [0.25, 0.3) is 0 Å². The van der Waals surface area contributed by atoms with Crippen LogP contribution in [0, 0.1) is 5.41 Å². The molecule has 2 unspecified atom stereocenters. The SMILES string of the molecule is CNC1C(Sc2ccc3c(c2)OCCO3)CCCC1(C)C. The van der Waals surface area contributed by atoms with Gasteiger partial charge in [0.2, 0.25) is 0 Å². The maximum Gasteiger partial charge on any atom is 0.162 e. The summed E-state index contributed by atoms with van der Waals surface area (Å²) in [6.07, 6.45) is 3.89. The van der Waals surface area contributed by atoms with Crippen molar-refractivity contribution in [3.8, 4) is 11.5 Å². The van der Waals surface area contributed by atoms with Gasteiger partial charge >= 0.3 is 0 Å². The highest BCUT2D eigenvalue weighted by Crippen LogP contribution is 2.44. The fraction of sp³-hybridized carbons (Fsp3) is 0.647. The molecule has 1 aromatic rings. The lowest BCUT2D eigenvalue weighted by Crippen LogP contribution is -2.49. The molecule has 1 N–H and O–H groups in total. The number of hydrogen-bond donors (Lipinski definition) is 1. The first-order valence-corrected chi connectivity index (χ1v) is 8.72. The van der Waals surface area contributed by atoms with Crippen LogP contribution in [0.2, 0.25) is 0 Å². The monoisotopic (exact) mass is 307 g/mol. The van der Waals surface area contributed by atoms with Gasteiger partial charge in [-0.2, -0.15) is 0 Å². The maximum atomic E-state index is 5.69. The predicted octanol–water partition coefficient (Wildman–Crippen LogP) is 3.72. The summed E-state index contributed by atoms with van der Waals surface area (Å²) in [7, 11) is 2.09. The normalized spacial score (nSPS) is 27.4. The third-order valence-corrected chi connectivity index (χ3v) is 5.97. The average Bonchev–Trinajstić information content (AvgIpc) is 2.46. The van der Waals surface area contributed by atoms with Gasteiger partial charge in [0.05, 0.1) is 0 Å². The van der Waals surface area contributed by atoms with Gasteiger partial charge in [-0.1, -0.05) is 20.3 Å². The van der Waals surface area contributed by atoms with Crippen LogP contribution in [0.15, 0.2) is 23.1 Å². The zero-order chi connectivity index (χ0) is 14.9. The number of hydrogen-bond acceptors (Lipinski definition) is 4. The molecular formula is C17H25NO2S. The molecule has 0 saturated heterocycles. The molecule has 0 bridgehead atoms. The topological polar surface area (TPSA) is 30.5 Å². The first-order chi connectivity index (χ1) is 10.1. The molecule has 1 aliphatic carbocycles. The second-order valence-electron chi connectivity index (χ2n) is 6.61. The Morgan fingerprint density at radius 2 is 1.95 bits per heavy atom. The molecule has 116 valence electrons. The standard InChI is InChI=1S/C17H25NO2S/c1-17(2)8-4-5-15(16(17)18-3)21-12-6-7-13-14(11-12)20-10-9-19-13/h6-7,11,15-16,18H,4-5,8-10H2,1-3H3. The predicted molar refractivity (Wildman–Crippen MR) is 87.6 cm³/mol. The largest absolute Gasteiger partial charge is 0.486 e. The number of fused-ring (bicyclic) bond motifs is 1. The van der Waals surface area contributed by atoms with E-state index in [4.69, 9.17) is 9.47 Å². The fourth-order valence-corrected chi connectivity index (χ4v) is 5.16. The minimum absolute atomic E-state index is 0.360. The molecule has 1 saturated carbocycles. The van der Waals surface area contributed by atoms with Gasteiger partial charge < -0.3 is 14.8 Å². The van der Waals surface area contributed by atoms with Gasteiger partial charge in [-0.25, -0.2) is 0 Å². The Kier molecular flexibility index (Phi) is 4.36. The third-order valence-electron chi connectivity index (χ3n) is 4.64. The Labute approximate surface area is 131 Å². The number of thioether (sulfide) groups is 1. The van der Waals surface area contributed by atoms with Gasteiger partial charge in [-0.15, -0.1) is 11.8 Å². The van der Waals surface area contributed by atoms with Gasteiger partial charge in [0.25, 0.3) is 0 Å². The summed E-state index contributed by atoms with van der Waals surface area (Å²) in [4.78, 5) is 1.28. The van der Waals surface area contributed by atoms with E-state index in [1.807, 2.05) is 17.8 Å². The van der Waals surface area contributed by atoms with Crippen molar-refractivity contribution in [2.45, 2.75) is 49.3 Å². The van der Waals surface area contributed by atoms with E-state index >= 15 is 0 Å². The van der Waals surface area contributed by atoms with Crippen LogP contribution in [0.5, 0.6) is 11.5 Å². The maximum absolute atomic E-state index is 5.69. The smallest absolute Gasteiger partial charge is 0.162 e. The van der Waals surface area contributed by atoms with Gasteiger partial charge in [0.15, 0.2) is 11.5 Å². The molecule has 21 heavy (non-hydrogen) atoms. The number of benzene rings is 1. The highest BCUT2D eigenvalue weighted by molar-refractivity contribution is 8.00. The molecule has 0 aromatic heterocycles. The quantitative estimate of drug-likeness (QED) is 0.922. The first kappa shape index (κ1) is 15.0. The van der Waals surface area contributed by atoms with Crippen molar-refractivity contribution in [2.75, 3.05) is 20.3 Å². The zero-order valence-electron chi connectivity index (χ0n) is 13.1. The van der Waals surface area contributed by atoms with Crippen LogP contribution >= 0.6 is 11.8 Å². The van der Waals surface area contributed by atoms with Gasteiger partial charge in [0, 0.05) is 16.2 Å². The van der Waals surface area contributed by atoms with Crippen LogP contribution in [-0.4, -0.2) is 31.6 Å². The van der Waals surface area contributed by atoms with Crippen LogP contribution in [0.4, 0.5) is 0 Å². The van der Waals surface area contributed by atoms with Crippen molar-refractivity contribution >= 4 is 11.8 Å². The Balaban J connectivity index is 1.76. The lowest BCUT2D eigenvalue weighted by Gasteiger charge is -2.43. The highest BCUT2D eigenvalue weighted by Gasteiger charge is 2.38. The minimum Gasteiger partial charge on any atom is -0.486 e. The molecule has 3 rings (SSSR count). The molecule has 2 aliphatic rings. The van der Waals surface area contributed by atoms with E-state index in [0.29, 0.717) is 29.9 Å². The number of nitrogens with one attached hydrogen (secondary N) is 1. The molecule has 0 amide bonds. The lowest BCUT2D eigenvalue weighted by atomic mass is 9.73. The molecule has 4 heteroatoms. The molecule has 3 nitrogen and oxygen atoms in total. The van der Waals surface area contributed by atoms with Crippen molar-refractivity contribution in [3.05, 3.63) is 18.2 Å². The molecule has 1 aliphatic heterocycles. The van der Waals surface area contributed by atoms with Crippen LogP contribution < -0.4 is 14.8 Å². The van der Waals surface area contributed by atoms with E-state index in [0.717, 1.165) is 11.5 Å². The van der Waals surface area contributed by atoms with E-state index in [1.54, 1.807) is 0 Å². The fourth-order valence-electron chi connectivity index (χ4n) is 3.56. The van der Waals surface area contributed by atoms with Crippen molar-refractivity contribution in [1.82, 2.24) is 5.32 Å². The molecule has 1 aromatic carbocycles. The molecule has 2 atom stereocenters. The van der Waals surface area contributed by atoms with E-state index in [1.165, 1.54) is 24.2 Å². The molecule has 0 radical (unpaired) electrons. The molecule has 1 fully saturated rings. The van der Waals surface area contributed by atoms with Crippen molar-refractivity contribution in [2.24, 2.45) is 5.41 Å².